The number of likely N-dealkylation sites (N-methyl/N-ethyl adjacent to an activating group) is 1. The molecular formula is C28H34N4. The van der Waals surface area contributed by atoms with Crippen molar-refractivity contribution in [2.45, 2.75) is 47.1 Å². The third-order valence-electron chi connectivity index (χ3n) is 5.50. The molecule has 0 spiro atoms. The molecule has 0 bridgehead atoms. The summed E-state index contributed by atoms with van der Waals surface area (Å²) >= 11 is 0. The van der Waals surface area contributed by atoms with Gasteiger partial charge in [0.1, 0.15) is 11.7 Å². The van der Waals surface area contributed by atoms with Crippen LogP contribution in [0.25, 0.3) is 0 Å². The molecule has 32 heavy (non-hydrogen) atoms. The van der Waals surface area contributed by atoms with E-state index < -0.39 is 0 Å². The zero-order chi connectivity index (χ0) is 22.9. The van der Waals surface area contributed by atoms with Crippen molar-refractivity contribution in [2.75, 3.05) is 16.8 Å². The van der Waals surface area contributed by atoms with Gasteiger partial charge in [-0.3, -0.25) is 0 Å². The van der Waals surface area contributed by atoms with Gasteiger partial charge in [0, 0.05) is 37.8 Å². The number of para-hydroxylation sites is 2. The average molecular weight is 427 g/mol. The van der Waals surface area contributed by atoms with E-state index in [1.54, 1.807) is 0 Å². The highest BCUT2D eigenvalue weighted by molar-refractivity contribution is 6.07. The lowest BCUT2D eigenvalue weighted by Gasteiger charge is -2.20. The molecule has 0 N–H and O–H groups in total. The summed E-state index contributed by atoms with van der Waals surface area (Å²) in [6.45, 7) is 8.80. The van der Waals surface area contributed by atoms with E-state index in [0.29, 0.717) is 0 Å². The maximum atomic E-state index is 4.72. The Morgan fingerprint density at radius 3 is 1.78 bits per heavy atom. The lowest BCUT2D eigenvalue weighted by atomic mass is 10.1. The Labute approximate surface area is 192 Å². The molecule has 0 saturated heterocycles. The number of amidine groups is 2. The molecule has 0 unspecified atom stereocenters. The van der Waals surface area contributed by atoms with Gasteiger partial charge in [0.05, 0.1) is 0 Å². The van der Waals surface area contributed by atoms with E-state index in [2.05, 4.69) is 101 Å². The first-order chi connectivity index (χ1) is 15.8. The van der Waals surface area contributed by atoms with Crippen molar-refractivity contribution in [3.05, 3.63) is 95.6 Å². The summed E-state index contributed by atoms with van der Waals surface area (Å²) < 4.78 is 0. The molecule has 5 rings (SSSR count). The van der Waals surface area contributed by atoms with E-state index in [1.165, 1.54) is 28.1 Å². The molecule has 0 saturated carbocycles. The number of benzene rings is 3. The quantitative estimate of drug-likeness (QED) is 0.436. The molecule has 2 aliphatic rings. The predicted octanol–water partition coefficient (Wildman–Crippen LogP) is 6.71. The van der Waals surface area contributed by atoms with Crippen LogP contribution in [0.15, 0.2) is 89.1 Å². The van der Waals surface area contributed by atoms with Gasteiger partial charge >= 0.3 is 0 Å². The molecule has 166 valence electrons. The van der Waals surface area contributed by atoms with E-state index in [9.17, 15) is 0 Å². The molecule has 0 fully saturated rings. The largest absolute Gasteiger partial charge is 0.331 e. The van der Waals surface area contributed by atoms with Crippen molar-refractivity contribution in [1.82, 2.24) is 0 Å². The highest BCUT2D eigenvalue weighted by Gasteiger charge is 2.26. The van der Waals surface area contributed by atoms with Crippen LogP contribution in [-0.2, 0) is 19.4 Å². The van der Waals surface area contributed by atoms with Crippen molar-refractivity contribution >= 4 is 23.0 Å². The zero-order valence-electron chi connectivity index (χ0n) is 19.9. The summed E-state index contributed by atoms with van der Waals surface area (Å²) in [7, 11) is 2.07. The summed E-state index contributed by atoms with van der Waals surface area (Å²) in [6.07, 6.45) is 1.64. The molecule has 3 aromatic rings. The van der Waals surface area contributed by atoms with Crippen LogP contribution in [0.3, 0.4) is 0 Å². The maximum Gasteiger partial charge on any atom is 0.136 e. The Morgan fingerprint density at radius 2 is 1.12 bits per heavy atom. The van der Waals surface area contributed by atoms with Crippen LogP contribution < -0.4 is 9.80 Å². The average Bonchev–Trinajstić information content (AvgIpc) is 3.38. The molecule has 3 aromatic carbocycles. The molecule has 2 aliphatic heterocycles. The lowest BCUT2D eigenvalue weighted by Crippen LogP contribution is -2.27. The van der Waals surface area contributed by atoms with E-state index in [-0.39, 0.29) is 0 Å². The van der Waals surface area contributed by atoms with Gasteiger partial charge in [0.15, 0.2) is 0 Å². The van der Waals surface area contributed by atoms with Crippen molar-refractivity contribution in [2.24, 2.45) is 10.2 Å². The minimum atomic E-state index is 0.803. The van der Waals surface area contributed by atoms with Gasteiger partial charge in [-0.25, -0.2) is 0 Å². The van der Waals surface area contributed by atoms with Crippen LogP contribution in [0.5, 0.6) is 0 Å². The summed E-state index contributed by atoms with van der Waals surface area (Å²) in [5.41, 5.74) is 6.33. The number of anilines is 2. The van der Waals surface area contributed by atoms with Crippen LogP contribution in [0.2, 0.25) is 0 Å². The van der Waals surface area contributed by atoms with Gasteiger partial charge in [-0.2, -0.15) is 0 Å². The second kappa shape index (κ2) is 11.3. The fourth-order valence-electron chi connectivity index (χ4n) is 3.99. The fourth-order valence-corrected chi connectivity index (χ4v) is 3.99. The smallest absolute Gasteiger partial charge is 0.136 e. The van der Waals surface area contributed by atoms with Gasteiger partial charge in [0.2, 0.25) is 0 Å². The van der Waals surface area contributed by atoms with Crippen molar-refractivity contribution in [3.63, 3.8) is 0 Å². The van der Waals surface area contributed by atoms with Gasteiger partial charge in [-0.15, -0.1) is 10.2 Å². The fraction of sp³-hybridized carbons (Fsp3) is 0.286. The number of fused-ring (bicyclic) bond motifs is 2. The van der Waals surface area contributed by atoms with Crippen LogP contribution >= 0.6 is 0 Å². The molecule has 2 heterocycles. The van der Waals surface area contributed by atoms with Gasteiger partial charge < -0.3 is 9.80 Å². The topological polar surface area (TPSA) is 31.2 Å². The first kappa shape index (κ1) is 23.3. The van der Waals surface area contributed by atoms with E-state index in [4.69, 9.17) is 5.10 Å². The third kappa shape index (κ3) is 4.91. The van der Waals surface area contributed by atoms with Gasteiger partial charge in [-0.05, 0) is 28.8 Å². The van der Waals surface area contributed by atoms with E-state index >= 15 is 0 Å². The Bertz CT molecular complexity index is 1070. The summed E-state index contributed by atoms with van der Waals surface area (Å²) in [4.78, 5) is 4.43. The number of nitrogens with zero attached hydrogens (tertiary/aromatic N) is 4. The lowest BCUT2D eigenvalue weighted by molar-refractivity contribution is 0.998. The Balaban J connectivity index is 0.000000686. The second-order valence-electron chi connectivity index (χ2n) is 7.27. The molecule has 4 heteroatoms. The number of hydrogen-bond acceptors (Lipinski definition) is 2. The van der Waals surface area contributed by atoms with Crippen LogP contribution in [0.4, 0.5) is 11.4 Å². The highest BCUT2D eigenvalue weighted by Crippen LogP contribution is 2.31. The van der Waals surface area contributed by atoms with Crippen LogP contribution in [0, 0.1) is 0 Å². The monoisotopic (exact) mass is 426 g/mol. The first-order valence-electron chi connectivity index (χ1n) is 11.6. The van der Waals surface area contributed by atoms with Crippen molar-refractivity contribution in [1.29, 1.82) is 0 Å². The minimum absolute atomic E-state index is 0.803. The van der Waals surface area contributed by atoms with Crippen LogP contribution in [0.1, 0.15) is 44.4 Å². The van der Waals surface area contributed by atoms with Crippen molar-refractivity contribution < 1.29 is 0 Å². The maximum absolute atomic E-state index is 4.72. The SMILES string of the molecule is CC.CC.CN1/C(=N/N=C2/Cc3ccccc3N2Cc2ccccc2)Cc2ccccc21. The third-order valence-corrected chi connectivity index (χ3v) is 5.50. The summed E-state index contributed by atoms with van der Waals surface area (Å²) in [5, 5.41) is 9.38. The van der Waals surface area contributed by atoms with Gasteiger partial charge in [0.25, 0.3) is 0 Å². The summed E-state index contributed by atoms with van der Waals surface area (Å²) in [6, 6.07) is 27.5. The number of rotatable bonds is 3. The molecule has 0 amide bonds. The zero-order valence-corrected chi connectivity index (χ0v) is 19.9. The highest BCUT2D eigenvalue weighted by atomic mass is 15.4. The van der Waals surface area contributed by atoms with Crippen LogP contribution in [-0.4, -0.2) is 18.7 Å². The molecule has 0 radical (unpaired) electrons. The Morgan fingerprint density at radius 1 is 0.625 bits per heavy atom. The van der Waals surface area contributed by atoms with E-state index in [1.807, 2.05) is 27.7 Å². The summed E-state index contributed by atoms with van der Waals surface area (Å²) in [5.74, 6) is 1.99. The predicted molar refractivity (Wildman–Crippen MR) is 139 cm³/mol. The Hall–Kier alpha value is -3.40. The van der Waals surface area contributed by atoms with Crippen molar-refractivity contribution in [3.8, 4) is 0 Å². The normalized spacial score (nSPS) is 16.2. The van der Waals surface area contributed by atoms with Gasteiger partial charge in [-0.1, -0.05) is 94.4 Å². The molecule has 0 aliphatic carbocycles. The van der Waals surface area contributed by atoms with E-state index in [0.717, 1.165) is 31.1 Å². The number of hydrogen-bond donors (Lipinski definition) is 0. The first-order valence-corrected chi connectivity index (χ1v) is 11.6. The Kier molecular flexibility index (Phi) is 8.20. The minimum Gasteiger partial charge on any atom is -0.331 e. The molecular weight excluding hydrogens is 392 g/mol. The molecule has 4 nitrogen and oxygen atoms in total. The molecule has 0 atom stereocenters. The standard InChI is InChI=1S/C24H22N4.2C2H6/c1-27-21-13-7-5-11-19(21)15-23(27)25-26-24-16-20-12-6-8-14-22(20)28(24)17-18-9-3-2-4-10-18;2*1-2/h2-14H,15-17H2,1H3;2*1-2H3/b25-23+,26-24-;;. The molecule has 0 aromatic heterocycles. The second-order valence-corrected chi connectivity index (χ2v) is 7.27.